The summed E-state index contributed by atoms with van der Waals surface area (Å²) in [5, 5.41) is -2.64. The summed E-state index contributed by atoms with van der Waals surface area (Å²) in [6.07, 6.45) is -17.3. The van der Waals surface area contributed by atoms with Crippen molar-refractivity contribution in [2.75, 3.05) is 6.54 Å². The third-order valence-corrected chi connectivity index (χ3v) is 5.59. The Morgan fingerprint density at radius 2 is 1.29 bits per heavy atom. The zero-order valence-corrected chi connectivity index (χ0v) is 17.8. The Morgan fingerprint density at radius 3 is 1.61 bits per heavy atom. The first kappa shape index (κ1) is 25.2. The average Bonchev–Trinajstić information content (AvgIpc) is 2.35. The molecule has 0 N–H and O–H groups in total. The molecule has 0 aromatic heterocycles. The molecule has 1 rings (SSSR count). The van der Waals surface area contributed by atoms with Crippen LogP contribution in [0.25, 0.3) is 0 Å². The molecule has 154 valence electrons. The lowest BCUT2D eigenvalue weighted by Crippen LogP contribution is -2.87. The van der Waals surface area contributed by atoms with Crippen molar-refractivity contribution in [2.24, 2.45) is 0 Å². The van der Waals surface area contributed by atoms with Crippen LogP contribution in [-0.2, 0) is 4.74 Å². The number of carbonyl (C=O) groups is 1. The molecule has 1 fully saturated rings. The highest BCUT2D eigenvalue weighted by atomic mass is 19.4. The van der Waals surface area contributed by atoms with Gasteiger partial charge in [0.25, 0.3) is 6.10 Å². The van der Waals surface area contributed by atoms with Crippen LogP contribution in [0.3, 0.4) is 0 Å². The van der Waals surface area contributed by atoms with Crippen molar-refractivity contribution in [3.63, 3.8) is 0 Å². The number of nitrogens with zero attached hydrogens (tertiary/aromatic N) is 2. The van der Waals surface area contributed by atoms with E-state index in [1.54, 1.807) is 31.4 Å². The number of halogens is 6. The molecule has 0 atom stereocenters. The van der Waals surface area contributed by atoms with Crippen molar-refractivity contribution in [2.45, 2.75) is 60.8 Å². The normalized spacial score (nSPS) is 22.9. The number of carbonyl (C=O) groups excluding carboxylic acids is 1. The van der Waals surface area contributed by atoms with Crippen molar-refractivity contribution in [3.8, 4) is 0 Å². The summed E-state index contributed by atoms with van der Waals surface area (Å²) in [6, 6.07) is 0. The number of ether oxygens (including phenoxy) is 1. The van der Waals surface area contributed by atoms with E-state index in [2.05, 4.69) is 9.64 Å². The molecule has 1 heterocycles. The molecule has 1 amide bonds. The second-order valence-corrected chi connectivity index (χ2v) is 9.87. The van der Waals surface area contributed by atoms with Gasteiger partial charge in [-0.25, -0.2) is 4.79 Å². The zero-order chi connectivity index (χ0) is 22.7. The predicted molar refractivity (Wildman–Crippen MR) is 110 cm³/mol. The van der Waals surface area contributed by atoms with Gasteiger partial charge in [-0.05, 0) is 36.8 Å². The van der Waals surface area contributed by atoms with Gasteiger partial charge in [-0.2, -0.15) is 26.3 Å². The third kappa shape index (κ3) is 4.51. The van der Waals surface area contributed by atoms with E-state index in [-0.39, 0.29) is 12.1 Å². The molecule has 0 bridgehead atoms. The van der Waals surface area contributed by atoms with Crippen molar-refractivity contribution in [1.82, 2.24) is 9.80 Å². The molecule has 0 aromatic carbocycles. The van der Waals surface area contributed by atoms with Crippen LogP contribution in [0, 0.1) is 0 Å². The summed E-state index contributed by atoms with van der Waals surface area (Å²) in [5.74, 6) is 0. The molecule has 28 heavy (non-hydrogen) atoms. The maximum atomic E-state index is 12.8. The van der Waals surface area contributed by atoms with E-state index in [4.69, 9.17) is 0 Å². The summed E-state index contributed by atoms with van der Waals surface area (Å²) < 4.78 is 81.0. The van der Waals surface area contributed by atoms with Gasteiger partial charge in [0.2, 0.25) is 0 Å². The molecule has 1 aliphatic rings. The number of piperazine rings is 1. The van der Waals surface area contributed by atoms with Crippen LogP contribution < -0.4 is 0 Å². The zero-order valence-electron chi connectivity index (χ0n) is 17.8. The smallest absolute Gasteiger partial charge is 0.426 e. The molecule has 0 aliphatic carbocycles. The Morgan fingerprint density at radius 1 is 0.893 bits per heavy atom. The van der Waals surface area contributed by atoms with Gasteiger partial charge in [-0.3, -0.25) is 0 Å². The second kappa shape index (κ2) is 6.87. The summed E-state index contributed by atoms with van der Waals surface area (Å²) in [4.78, 5) is 15.6. The van der Waals surface area contributed by atoms with Crippen molar-refractivity contribution in [3.05, 3.63) is 0 Å². The monoisotopic (exact) mass is 408 g/mol. The van der Waals surface area contributed by atoms with Crippen LogP contribution in [0.1, 0.15) is 20.8 Å². The molecule has 0 aromatic rings. The summed E-state index contributed by atoms with van der Waals surface area (Å²) in [6.45, 7) is 5.79. The minimum atomic E-state index is -5.75. The number of amides is 1. The van der Waals surface area contributed by atoms with Crippen LogP contribution in [0.4, 0.5) is 31.1 Å². The summed E-state index contributed by atoms with van der Waals surface area (Å²) in [7, 11) is 10.4. The van der Waals surface area contributed by atoms with Crippen LogP contribution in [-0.4, -0.2) is 110 Å². The Kier molecular flexibility index (Phi) is 6.19. The second-order valence-electron chi connectivity index (χ2n) is 9.87. The molecule has 16 heteroatoms. The summed E-state index contributed by atoms with van der Waals surface area (Å²) >= 11 is 0. The van der Waals surface area contributed by atoms with Crippen LogP contribution >= 0.6 is 0 Å². The fraction of sp³-hybridized carbons (Fsp3) is 0.917. The Hall–Kier alpha value is -0.800. The quantitative estimate of drug-likeness (QED) is 0.339. The number of alkyl halides is 6. The van der Waals surface area contributed by atoms with Crippen LogP contribution in [0.15, 0.2) is 0 Å². The standard InChI is InChI=1S/C12H24B6F6N2O2/c1-7(2,3)26-8(13,14)4-25(11(15,16)12(26,17)18)6(27)28-5(9(19,20)21)10(22,23)24/h5H,4,13-18H2,1-3H3. The van der Waals surface area contributed by atoms with Gasteiger partial charge in [-0.1, -0.05) is 0 Å². The molecular weight excluding hydrogens is 383 g/mol. The molecule has 0 saturated carbocycles. The Labute approximate surface area is 166 Å². The first-order valence-corrected chi connectivity index (χ1v) is 8.89. The topological polar surface area (TPSA) is 32.8 Å². The van der Waals surface area contributed by atoms with Gasteiger partial charge in [-0.15, -0.1) is 0 Å². The molecule has 4 nitrogen and oxygen atoms in total. The lowest BCUT2D eigenvalue weighted by Gasteiger charge is -2.69. The average molecular weight is 407 g/mol. The molecule has 0 spiro atoms. The van der Waals surface area contributed by atoms with E-state index in [1.165, 1.54) is 0 Å². The predicted octanol–water partition coefficient (Wildman–Crippen LogP) is -3.21. The van der Waals surface area contributed by atoms with Crippen LogP contribution in [0.2, 0.25) is 0 Å². The first-order chi connectivity index (χ1) is 12.0. The largest absolute Gasteiger partial charge is 0.434 e. The fourth-order valence-electron chi connectivity index (χ4n) is 4.54. The highest BCUT2D eigenvalue weighted by molar-refractivity contribution is 6.56. The number of hydrogen-bond donors (Lipinski definition) is 0. The molecular formula is C12H24B6F6N2O2. The highest BCUT2D eigenvalue weighted by Gasteiger charge is 2.62. The van der Waals surface area contributed by atoms with Gasteiger partial charge in [0.15, 0.2) is 0 Å². The van der Waals surface area contributed by atoms with Crippen molar-refractivity contribution >= 4 is 53.2 Å². The van der Waals surface area contributed by atoms with E-state index in [1.807, 2.05) is 36.5 Å². The number of hydrogen-bond acceptors (Lipinski definition) is 3. The van der Waals surface area contributed by atoms with E-state index in [0.717, 1.165) is 4.90 Å². The molecule has 1 saturated heterocycles. The van der Waals surface area contributed by atoms with E-state index >= 15 is 0 Å². The minimum Gasteiger partial charge on any atom is -0.426 e. The molecule has 0 unspecified atom stereocenters. The van der Waals surface area contributed by atoms with Crippen molar-refractivity contribution < 1.29 is 35.9 Å². The Balaban J connectivity index is 3.37. The van der Waals surface area contributed by atoms with Crippen molar-refractivity contribution in [1.29, 1.82) is 0 Å². The minimum absolute atomic E-state index is 0.0953. The number of rotatable bonds is 1. The third-order valence-electron chi connectivity index (χ3n) is 5.59. The molecule has 1 aliphatic heterocycles. The summed E-state index contributed by atoms with van der Waals surface area (Å²) in [5.41, 5.74) is -0.374. The van der Waals surface area contributed by atoms with Gasteiger partial charge >= 0.3 is 18.4 Å². The lowest BCUT2D eigenvalue weighted by molar-refractivity contribution is -0.309. The van der Waals surface area contributed by atoms with E-state index in [0.29, 0.717) is 0 Å². The van der Waals surface area contributed by atoms with E-state index in [9.17, 15) is 31.1 Å². The molecule has 0 radical (unpaired) electrons. The van der Waals surface area contributed by atoms with Gasteiger partial charge in [0.05, 0.1) is 0 Å². The first-order valence-electron chi connectivity index (χ1n) is 8.89. The fourth-order valence-corrected chi connectivity index (χ4v) is 4.54. The van der Waals surface area contributed by atoms with Gasteiger partial charge in [0, 0.05) is 12.1 Å². The SMILES string of the molecule is BC1(B)CN(C(=O)OC(C(F)(F)F)C(F)(F)F)C(B)(B)C(B)(B)N1C(C)(C)C. The van der Waals surface area contributed by atoms with Gasteiger partial charge < -0.3 is 14.5 Å². The van der Waals surface area contributed by atoms with Gasteiger partial charge in [0.1, 0.15) is 47.1 Å². The highest BCUT2D eigenvalue weighted by Crippen LogP contribution is 2.41. The maximum absolute atomic E-state index is 12.8. The Bertz CT molecular complexity index is 605. The lowest BCUT2D eigenvalue weighted by atomic mass is 9.33. The van der Waals surface area contributed by atoms with Crippen LogP contribution in [0.5, 0.6) is 0 Å². The maximum Gasteiger partial charge on any atom is 0.434 e. The van der Waals surface area contributed by atoms with E-state index < -0.39 is 40.6 Å².